The van der Waals surface area contributed by atoms with Crippen molar-refractivity contribution in [1.82, 2.24) is 9.29 Å². The minimum atomic E-state index is -3.73. The van der Waals surface area contributed by atoms with Gasteiger partial charge in [0.2, 0.25) is 16.0 Å². The first-order valence-corrected chi connectivity index (χ1v) is 11.8. The number of ketones is 1. The maximum absolute atomic E-state index is 13.1. The number of Topliss-reactive ketones (excluding diaryl/α,β-unsaturated/α-hetero) is 1. The van der Waals surface area contributed by atoms with Crippen LogP contribution in [0.5, 0.6) is 11.5 Å². The van der Waals surface area contributed by atoms with Crippen molar-refractivity contribution in [3.63, 3.8) is 0 Å². The largest absolute Gasteiger partial charge is 0.493 e. The van der Waals surface area contributed by atoms with Crippen molar-refractivity contribution in [2.24, 2.45) is 10.7 Å². The van der Waals surface area contributed by atoms with E-state index in [2.05, 4.69) is 15.9 Å². The monoisotopic (exact) mass is 468 g/mol. The SMILES string of the molecule is C#CCOc1ccc(C(=O)Cc2ccc3c(c2)[C@@]2(C)N=C(N)N(C)S(=O)(=O)[C@@H]2CCO3)nc1. The number of sulfonamides is 1. The number of carbonyl (C=O) groups excluding carboxylic acids is 1. The van der Waals surface area contributed by atoms with Gasteiger partial charge >= 0.3 is 0 Å². The average molecular weight is 469 g/mol. The third-order valence-electron chi connectivity index (χ3n) is 5.97. The normalized spacial score (nSPS) is 23.1. The zero-order valence-corrected chi connectivity index (χ0v) is 19.1. The van der Waals surface area contributed by atoms with Crippen LogP contribution in [0.4, 0.5) is 0 Å². The van der Waals surface area contributed by atoms with Gasteiger partial charge in [-0.1, -0.05) is 12.0 Å². The summed E-state index contributed by atoms with van der Waals surface area (Å²) in [5.74, 6) is 3.08. The van der Waals surface area contributed by atoms with Crippen LogP contribution < -0.4 is 15.2 Å². The fourth-order valence-electron chi connectivity index (χ4n) is 4.17. The molecule has 2 atom stereocenters. The number of ether oxygens (including phenoxy) is 2. The minimum absolute atomic E-state index is 0.0669. The van der Waals surface area contributed by atoms with Crippen LogP contribution >= 0.6 is 0 Å². The summed E-state index contributed by atoms with van der Waals surface area (Å²) in [7, 11) is -2.34. The summed E-state index contributed by atoms with van der Waals surface area (Å²) in [6.07, 6.45) is 6.95. The molecule has 1 aromatic heterocycles. The smallest absolute Gasteiger partial charge is 0.242 e. The standard InChI is InChI=1S/C23H24N4O5S/c1-4-10-31-16-6-7-18(25-14-16)19(28)13-15-5-8-20-17(12-15)23(2)21(9-11-32-20)33(29,30)27(3)22(24)26-23/h1,5-8,12,14,21H,9-11,13H2,2-3H3,(H2,24,26)/t21-,23-/m1/s1. The number of terminal acetylenes is 1. The van der Waals surface area contributed by atoms with E-state index in [1.807, 2.05) is 0 Å². The molecule has 0 fully saturated rings. The van der Waals surface area contributed by atoms with Crippen molar-refractivity contribution in [3.8, 4) is 23.8 Å². The van der Waals surface area contributed by atoms with E-state index in [-0.39, 0.29) is 43.5 Å². The predicted octanol–water partition coefficient (Wildman–Crippen LogP) is 1.48. The summed E-state index contributed by atoms with van der Waals surface area (Å²) in [6, 6.07) is 8.50. The van der Waals surface area contributed by atoms with E-state index in [1.54, 1.807) is 37.3 Å². The van der Waals surface area contributed by atoms with Crippen LogP contribution in [0.3, 0.4) is 0 Å². The predicted molar refractivity (Wildman–Crippen MR) is 123 cm³/mol. The molecule has 0 saturated carbocycles. The number of rotatable bonds is 5. The number of carbonyl (C=O) groups is 1. The van der Waals surface area contributed by atoms with Gasteiger partial charge in [0.15, 0.2) is 5.78 Å². The molecule has 9 nitrogen and oxygen atoms in total. The van der Waals surface area contributed by atoms with E-state index in [1.165, 1.54) is 13.2 Å². The lowest BCUT2D eigenvalue weighted by molar-refractivity contribution is 0.0988. The van der Waals surface area contributed by atoms with Gasteiger partial charge in [0.05, 0.1) is 12.8 Å². The number of pyridine rings is 1. The Morgan fingerprint density at radius 3 is 2.88 bits per heavy atom. The summed E-state index contributed by atoms with van der Waals surface area (Å²) in [6.45, 7) is 2.08. The van der Waals surface area contributed by atoms with Crippen molar-refractivity contribution in [3.05, 3.63) is 53.3 Å². The first-order valence-electron chi connectivity index (χ1n) is 10.3. The Hall–Kier alpha value is -3.58. The number of hydrogen-bond acceptors (Lipinski definition) is 8. The van der Waals surface area contributed by atoms with E-state index in [0.29, 0.717) is 22.6 Å². The van der Waals surface area contributed by atoms with Crippen molar-refractivity contribution in [2.45, 2.75) is 30.6 Å². The van der Waals surface area contributed by atoms with E-state index in [9.17, 15) is 13.2 Å². The number of fused-ring (bicyclic) bond motifs is 3. The fourth-order valence-corrected chi connectivity index (χ4v) is 6.01. The Labute approximate surface area is 192 Å². The molecule has 0 amide bonds. The molecular formula is C23H24N4O5S. The third-order valence-corrected chi connectivity index (χ3v) is 8.34. The molecule has 3 heterocycles. The van der Waals surface area contributed by atoms with Crippen LogP contribution in [0.15, 0.2) is 41.5 Å². The van der Waals surface area contributed by atoms with Gasteiger partial charge in [-0.15, -0.1) is 6.42 Å². The third kappa shape index (κ3) is 4.00. The Balaban J connectivity index is 1.66. The average Bonchev–Trinajstić information content (AvgIpc) is 2.93. The van der Waals surface area contributed by atoms with Crippen molar-refractivity contribution in [2.75, 3.05) is 20.3 Å². The highest BCUT2D eigenvalue weighted by Crippen LogP contribution is 2.45. The molecule has 2 aliphatic heterocycles. The summed E-state index contributed by atoms with van der Waals surface area (Å²) in [5, 5.41) is -0.841. The summed E-state index contributed by atoms with van der Waals surface area (Å²) >= 11 is 0. The Morgan fingerprint density at radius 2 is 2.18 bits per heavy atom. The van der Waals surface area contributed by atoms with Crippen LogP contribution in [0.25, 0.3) is 0 Å². The Morgan fingerprint density at radius 1 is 1.39 bits per heavy atom. The number of nitrogens with zero attached hydrogens (tertiary/aromatic N) is 3. The number of nitrogens with two attached hydrogens (primary N) is 1. The van der Waals surface area contributed by atoms with E-state index >= 15 is 0 Å². The van der Waals surface area contributed by atoms with Crippen molar-refractivity contribution < 1.29 is 22.7 Å². The maximum atomic E-state index is 13.1. The van der Waals surface area contributed by atoms with Crippen LogP contribution in [0, 0.1) is 12.3 Å². The molecule has 1 aromatic carbocycles. The minimum Gasteiger partial charge on any atom is -0.493 e. The van der Waals surface area contributed by atoms with E-state index in [0.717, 1.165) is 4.31 Å². The summed E-state index contributed by atoms with van der Waals surface area (Å²) < 4.78 is 38.3. The highest BCUT2D eigenvalue weighted by atomic mass is 32.2. The molecule has 33 heavy (non-hydrogen) atoms. The van der Waals surface area contributed by atoms with Gasteiger partial charge < -0.3 is 15.2 Å². The van der Waals surface area contributed by atoms with Crippen LogP contribution in [-0.2, 0) is 22.0 Å². The van der Waals surface area contributed by atoms with Crippen molar-refractivity contribution >= 4 is 21.8 Å². The summed E-state index contributed by atoms with van der Waals surface area (Å²) in [5.41, 5.74) is 6.37. The van der Waals surface area contributed by atoms with Crippen molar-refractivity contribution in [1.29, 1.82) is 0 Å². The van der Waals surface area contributed by atoms with Crippen LogP contribution in [-0.4, -0.2) is 55.0 Å². The van der Waals surface area contributed by atoms with E-state index < -0.39 is 20.8 Å². The second-order valence-corrected chi connectivity index (χ2v) is 10.2. The maximum Gasteiger partial charge on any atom is 0.242 e. The second kappa shape index (κ2) is 8.41. The first-order chi connectivity index (χ1) is 15.7. The molecule has 10 heteroatoms. The van der Waals surface area contributed by atoms with Gasteiger partial charge in [-0.05, 0) is 36.8 Å². The fraction of sp³-hybridized carbons (Fsp3) is 0.348. The number of aliphatic imine (C=N–C) groups is 1. The number of hydrogen-bond donors (Lipinski definition) is 1. The molecule has 0 unspecified atom stereocenters. The van der Waals surface area contributed by atoms with Gasteiger partial charge in [0.25, 0.3) is 0 Å². The van der Waals surface area contributed by atoms with Gasteiger partial charge in [-0.3, -0.25) is 4.79 Å². The molecule has 0 aliphatic carbocycles. The Kier molecular flexibility index (Phi) is 5.76. The first kappa shape index (κ1) is 22.6. The lowest BCUT2D eigenvalue weighted by atomic mass is 9.85. The molecule has 0 bridgehead atoms. The molecule has 2 aliphatic rings. The van der Waals surface area contributed by atoms with Gasteiger partial charge in [-0.25, -0.2) is 22.7 Å². The molecule has 0 saturated heterocycles. The van der Waals surface area contributed by atoms with Gasteiger partial charge in [-0.2, -0.15) is 0 Å². The van der Waals surface area contributed by atoms with Crippen LogP contribution in [0.1, 0.15) is 35.0 Å². The Bertz CT molecular complexity index is 1270. The number of benzene rings is 1. The number of aromatic nitrogens is 1. The quantitative estimate of drug-likeness (QED) is 0.521. The molecule has 172 valence electrons. The highest BCUT2D eigenvalue weighted by Gasteiger charge is 2.52. The van der Waals surface area contributed by atoms with Gasteiger partial charge in [0.1, 0.15) is 34.6 Å². The molecule has 0 radical (unpaired) electrons. The zero-order valence-electron chi connectivity index (χ0n) is 18.3. The second-order valence-electron chi connectivity index (χ2n) is 8.06. The van der Waals surface area contributed by atoms with Gasteiger partial charge in [0, 0.05) is 25.5 Å². The number of guanidine groups is 1. The molecule has 4 rings (SSSR count). The lowest BCUT2D eigenvalue weighted by Crippen LogP contribution is -2.56. The topological polar surface area (TPSA) is 124 Å². The molecular weight excluding hydrogens is 444 g/mol. The van der Waals surface area contributed by atoms with E-state index in [4.69, 9.17) is 21.6 Å². The highest BCUT2D eigenvalue weighted by molar-refractivity contribution is 7.90. The molecule has 2 N–H and O–H groups in total. The molecule has 0 spiro atoms. The zero-order chi connectivity index (χ0) is 23.8. The van der Waals surface area contributed by atoms with Crippen LogP contribution in [0.2, 0.25) is 0 Å². The lowest BCUT2D eigenvalue weighted by Gasteiger charge is -2.40. The summed E-state index contributed by atoms with van der Waals surface area (Å²) in [4.78, 5) is 21.5. The molecule has 2 aromatic rings.